The molecular formula is C18H21NO4. The molecule has 0 radical (unpaired) electrons. The van der Waals surface area contributed by atoms with Crippen LogP contribution in [0.2, 0.25) is 0 Å². The molecule has 0 unspecified atom stereocenters. The highest BCUT2D eigenvalue weighted by molar-refractivity contribution is 5.73. The van der Waals surface area contributed by atoms with Crippen molar-refractivity contribution in [2.45, 2.75) is 19.3 Å². The zero-order valence-electron chi connectivity index (χ0n) is 13.5. The molecule has 122 valence electrons. The van der Waals surface area contributed by atoms with E-state index in [1.54, 1.807) is 38.7 Å². The van der Waals surface area contributed by atoms with Gasteiger partial charge in [-0.2, -0.15) is 0 Å². The lowest BCUT2D eigenvalue weighted by molar-refractivity contribution is -0.142. The Labute approximate surface area is 136 Å². The second-order valence-electron chi connectivity index (χ2n) is 5.05. The number of aromatic nitrogens is 1. The molecule has 0 amide bonds. The molecule has 1 heterocycles. The van der Waals surface area contributed by atoms with Gasteiger partial charge in [-0.3, -0.25) is 9.78 Å². The Morgan fingerprint density at radius 1 is 1.00 bits per heavy atom. The number of pyridine rings is 1. The number of nitrogens with zero attached hydrogens (tertiary/aromatic N) is 1. The monoisotopic (exact) mass is 315 g/mol. The number of aryl methyl sites for hydroxylation is 1. The van der Waals surface area contributed by atoms with Gasteiger partial charge in [-0.25, -0.2) is 0 Å². The topological polar surface area (TPSA) is 57.7 Å². The second kappa shape index (κ2) is 8.78. The number of hydrogen-bond acceptors (Lipinski definition) is 5. The van der Waals surface area contributed by atoms with E-state index in [1.807, 2.05) is 18.2 Å². The minimum atomic E-state index is -0.244. The number of carbonyl (C=O) groups excluding carboxylic acids is 1. The summed E-state index contributed by atoms with van der Waals surface area (Å²) in [6, 6.07) is 9.33. The van der Waals surface area contributed by atoms with Crippen molar-refractivity contribution >= 4 is 5.97 Å². The van der Waals surface area contributed by atoms with Gasteiger partial charge in [-0.05, 0) is 48.2 Å². The minimum Gasteiger partial charge on any atom is -0.493 e. The van der Waals surface area contributed by atoms with Crippen molar-refractivity contribution in [1.29, 1.82) is 0 Å². The Morgan fingerprint density at radius 2 is 1.74 bits per heavy atom. The Bertz CT molecular complexity index is 628. The molecule has 23 heavy (non-hydrogen) atoms. The van der Waals surface area contributed by atoms with Gasteiger partial charge in [0.15, 0.2) is 11.5 Å². The molecule has 0 N–H and O–H groups in total. The van der Waals surface area contributed by atoms with Crippen LogP contribution in [0.1, 0.15) is 17.5 Å². The van der Waals surface area contributed by atoms with Crippen LogP contribution >= 0.6 is 0 Å². The number of rotatable bonds is 8. The zero-order valence-corrected chi connectivity index (χ0v) is 13.5. The van der Waals surface area contributed by atoms with E-state index in [4.69, 9.17) is 14.2 Å². The number of hydrogen-bond donors (Lipinski definition) is 0. The molecule has 0 spiro atoms. The van der Waals surface area contributed by atoms with Gasteiger partial charge in [0.1, 0.15) is 0 Å². The maximum Gasteiger partial charge on any atom is 0.310 e. The quantitative estimate of drug-likeness (QED) is 0.554. The second-order valence-corrected chi connectivity index (χ2v) is 5.05. The van der Waals surface area contributed by atoms with Gasteiger partial charge in [0.05, 0.1) is 27.2 Å². The zero-order chi connectivity index (χ0) is 16.5. The predicted molar refractivity (Wildman–Crippen MR) is 86.8 cm³/mol. The first-order chi connectivity index (χ1) is 11.2. The molecule has 1 aromatic heterocycles. The van der Waals surface area contributed by atoms with Gasteiger partial charge >= 0.3 is 5.97 Å². The molecule has 5 nitrogen and oxygen atoms in total. The normalized spacial score (nSPS) is 10.2. The van der Waals surface area contributed by atoms with Crippen molar-refractivity contribution in [3.63, 3.8) is 0 Å². The third kappa shape index (κ3) is 5.29. The van der Waals surface area contributed by atoms with Crippen LogP contribution in [-0.4, -0.2) is 31.8 Å². The summed E-state index contributed by atoms with van der Waals surface area (Å²) < 4.78 is 15.7. The van der Waals surface area contributed by atoms with Crippen molar-refractivity contribution in [3.05, 3.63) is 53.9 Å². The fourth-order valence-electron chi connectivity index (χ4n) is 2.22. The van der Waals surface area contributed by atoms with Crippen LogP contribution < -0.4 is 9.47 Å². The summed E-state index contributed by atoms with van der Waals surface area (Å²) in [5.74, 6) is 1.00. The molecule has 0 saturated heterocycles. The highest BCUT2D eigenvalue weighted by Crippen LogP contribution is 2.27. The van der Waals surface area contributed by atoms with Crippen LogP contribution in [0.15, 0.2) is 42.7 Å². The lowest BCUT2D eigenvalue weighted by Gasteiger charge is -2.09. The summed E-state index contributed by atoms with van der Waals surface area (Å²) in [7, 11) is 3.15. The van der Waals surface area contributed by atoms with Gasteiger partial charge in [0, 0.05) is 12.4 Å². The molecule has 0 atom stereocenters. The smallest absolute Gasteiger partial charge is 0.310 e. The summed E-state index contributed by atoms with van der Waals surface area (Å²) >= 11 is 0. The third-order valence-corrected chi connectivity index (χ3v) is 3.42. The molecule has 1 aromatic carbocycles. The van der Waals surface area contributed by atoms with Gasteiger partial charge in [0.2, 0.25) is 0 Å². The Hall–Kier alpha value is -2.56. The Kier molecular flexibility index (Phi) is 6.41. The van der Waals surface area contributed by atoms with E-state index in [0.717, 1.165) is 18.4 Å². The largest absolute Gasteiger partial charge is 0.493 e. The summed E-state index contributed by atoms with van der Waals surface area (Å²) in [6.07, 6.45) is 5.40. The first kappa shape index (κ1) is 16.8. The van der Waals surface area contributed by atoms with Crippen LogP contribution in [-0.2, 0) is 22.4 Å². The predicted octanol–water partition coefficient (Wildman–Crippen LogP) is 2.82. The highest BCUT2D eigenvalue weighted by Gasteiger charge is 2.09. The van der Waals surface area contributed by atoms with Crippen LogP contribution in [0.25, 0.3) is 0 Å². The van der Waals surface area contributed by atoms with E-state index >= 15 is 0 Å². The number of esters is 1. The first-order valence-corrected chi connectivity index (χ1v) is 7.48. The number of benzene rings is 1. The number of carbonyl (C=O) groups is 1. The average molecular weight is 315 g/mol. The van der Waals surface area contributed by atoms with Gasteiger partial charge in [0.25, 0.3) is 0 Å². The van der Waals surface area contributed by atoms with Crippen LogP contribution in [0.3, 0.4) is 0 Å². The summed E-state index contributed by atoms with van der Waals surface area (Å²) in [5.41, 5.74) is 2.03. The van der Waals surface area contributed by atoms with Crippen molar-refractivity contribution in [2.75, 3.05) is 20.8 Å². The van der Waals surface area contributed by atoms with Gasteiger partial charge < -0.3 is 14.2 Å². The van der Waals surface area contributed by atoms with E-state index in [0.29, 0.717) is 18.1 Å². The standard InChI is InChI=1S/C18H21NO4/c1-21-16-6-5-15(12-17(16)22-2)13-18(20)23-11-3-4-14-7-9-19-10-8-14/h5-10,12H,3-4,11,13H2,1-2H3. The third-order valence-electron chi connectivity index (χ3n) is 3.42. The maximum absolute atomic E-state index is 11.9. The summed E-state index contributed by atoms with van der Waals surface area (Å²) in [5, 5.41) is 0. The molecule has 0 aliphatic heterocycles. The fraction of sp³-hybridized carbons (Fsp3) is 0.333. The number of methoxy groups -OCH3 is 2. The Balaban J connectivity index is 1.76. The average Bonchev–Trinajstić information content (AvgIpc) is 2.59. The summed E-state index contributed by atoms with van der Waals surface area (Å²) in [6.45, 7) is 0.411. The number of ether oxygens (including phenoxy) is 3. The molecule has 5 heteroatoms. The molecule has 0 aliphatic carbocycles. The van der Waals surface area contributed by atoms with Crippen LogP contribution in [0, 0.1) is 0 Å². The van der Waals surface area contributed by atoms with Crippen molar-refractivity contribution in [1.82, 2.24) is 4.98 Å². The first-order valence-electron chi connectivity index (χ1n) is 7.48. The van der Waals surface area contributed by atoms with E-state index in [9.17, 15) is 4.79 Å². The van der Waals surface area contributed by atoms with Gasteiger partial charge in [-0.1, -0.05) is 6.07 Å². The molecular weight excluding hydrogens is 294 g/mol. The SMILES string of the molecule is COc1ccc(CC(=O)OCCCc2ccncc2)cc1OC. The Morgan fingerprint density at radius 3 is 2.43 bits per heavy atom. The van der Waals surface area contributed by atoms with Gasteiger partial charge in [-0.15, -0.1) is 0 Å². The van der Waals surface area contributed by atoms with E-state index < -0.39 is 0 Å². The maximum atomic E-state index is 11.9. The van der Waals surface area contributed by atoms with E-state index in [-0.39, 0.29) is 12.4 Å². The summed E-state index contributed by atoms with van der Waals surface area (Å²) in [4.78, 5) is 15.8. The van der Waals surface area contributed by atoms with Crippen LogP contribution in [0.5, 0.6) is 11.5 Å². The fourth-order valence-corrected chi connectivity index (χ4v) is 2.22. The molecule has 0 saturated carbocycles. The van der Waals surface area contributed by atoms with E-state index in [1.165, 1.54) is 5.56 Å². The molecule has 2 rings (SSSR count). The van der Waals surface area contributed by atoms with E-state index in [2.05, 4.69) is 4.98 Å². The molecule has 0 bridgehead atoms. The van der Waals surface area contributed by atoms with Crippen molar-refractivity contribution in [3.8, 4) is 11.5 Å². The lowest BCUT2D eigenvalue weighted by atomic mass is 10.1. The molecule has 2 aromatic rings. The molecule has 0 aliphatic rings. The van der Waals surface area contributed by atoms with Crippen molar-refractivity contribution < 1.29 is 19.0 Å². The van der Waals surface area contributed by atoms with Crippen molar-refractivity contribution in [2.24, 2.45) is 0 Å². The highest BCUT2D eigenvalue weighted by atomic mass is 16.5. The lowest BCUT2D eigenvalue weighted by Crippen LogP contribution is -2.09. The van der Waals surface area contributed by atoms with Crippen LogP contribution in [0.4, 0.5) is 0 Å². The minimum absolute atomic E-state index is 0.218. The molecule has 0 fully saturated rings.